The summed E-state index contributed by atoms with van der Waals surface area (Å²) in [6.45, 7) is 4.37. The van der Waals surface area contributed by atoms with Gasteiger partial charge in [0, 0.05) is 18.7 Å². The maximum atomic E-state index is 12.0. The van der Waals surface area contributed by atoms with E-state index in [2.05, 4.69) is 0 Å². The molecule has 0 aliphatic rings. The van der Waals surface area contributed by atoms with Crippen molar-refractivity contribution in [3.05, 3.63) is 38.8 Å². The molecular weight excluding hydrogens is 280 g/mol. The molecule has 8 heteroatoms. The molecular formula is C13H18N2O6. The molecule has 0 bridgehead atoms. The van der Waals surface area contributed by atoms with Gasteiger partial charge in [0.15, 0.2) is 0 Å². The van der Waals surface area contributed by atoms with Crippen molar-refractivity contribution in [2.24, 2.45) is 0 Å². The standard InChI is InChI=1S/C13H18N2O6/c1-3-11(13(17)21-8-7-20-4-2)14-9-10(15(18)19)5-6-12(14)16/h5-6,9,11H,3-4,7-8H2,1-2H3. The van der Waals surface area contributed by atoms with E-state index in [0.29, 0.717) is 6.61 Å². The van der Waals surface area contributed by atoms with Crippen LogP contribution in [-0.4, -0.2) is 35.3 Å². The lowest BCUT2D eigenvalue weighted by Gasteiger charge is -2.16. The molecule has 0 amide bonds. The van der Waals surface area contributed by atoms with Crippen LogP contribution in [0.3, 0.4) is 0 Å². The minimum Gasteiger partial charge on any atom is -0.462 e. The zero-order chi connectivity index (χ0) is 15.8. The second-order valence-corrected chi connectivity index (χ2v) is 4.18. The third-order valence-electron chi connectivity index (χ3n) is 2.80. The van der Waals surface area contributed by atoms with Crippen LogP contribution in [0.4, 0.5) is 5.69 Å². The van der Waals surface area contributed by atoms with Gasteiger partial charge in [-0.3, -0.25) is 19.5 Å². The van der Waals surface area contributed by atoms with Crippen LogP contribution in [0.15, 0.2) is 23.1 Å². The van der Waals surface area contributed by atoms with Gasteiger partial charge in [-0.2, -0.15) is 0 Å². The van der Waals surface area contributed by atoms with E-state index in [-0.39, 0.29) is 25.3 Å². The van der Waals surface area contributed by atoms with Gasteiger partial charge in [0.25, 0.3) is 11.2 Å². The number of carbonyl (C=O) groups excluding carboxylic acids is 1. The van der Waals surface area contributed by atoms with Crippen molar-refractivity contribution in [3.8, 4) is 0 Å². The van der Waals surface area contributed by atoms with Crippen LogP contribution in [-0.2, 0) is 14.3 Å². The van der Waals surface area contributed by atoms with Crippen LogP contribution in [0.5, 0.6) is 0 Å². The summed E-state index contributed by atoms with van der Waals surface area (Å²) in [6, 6.07) is 1.28. The molecule has 1 rings (SSSR count). The first kappa shape index (κ1) is 16.8. The minimum absolute atomic E-state index is 0.0762. The van der Waals surface area contributed by atoms with E-state index < -0.39 is 22.5 Å². The lowest BCUT2D eigenvalue weighted by molar-refractivity contribution is -0.385. The van der Waals surface area contributed by atoms with Crippen LogP contribution in [0, 0.1) is 10.1 Å². The average Bonchev–Trinajstić information content (AvgIpc) is 2.46. The van der Waals surface area contributed by atoms with Gasteiger partial charge in [-0.1, -0.05) is 6.92 Å². The molecule has 21 heavy (non-hydrogen) atoms. The highest BCUT2D eigenvalue weighted by Crippen LogP contribution is 2.15. The van der Waals surface area contributed by atoms with Crippen LogP contribution in [0.2, 0.25) is 0 Å². The van der Waals surface area contributed by atoms with Gasteiger partial charge in [0.2, 0.25) is 0 Å². The van der Waals surface area contributed by atoms with E-state index in [1.54, 1.807) is 6.92 Å². The molecule has 8 nitrogen and oxygen atoms in total. The number of aromatic nitrogens is 1. The highest BCUT2D eigenvalue weighted by molar-refractivity contribution is 5.74. The molecule has 0 fully saturated rings. The molecule has 1 aromatic heterocycles. The van der Waals surface area contributed by atoms with Crippen LogP contribution in [0.1, 0.15) is 26.3 Å². The van der Waals surface area contributed by atoms with Gasteiger partial charge in [-0.25, -0.2) is 4.79 Å². The fourth-order valence-electron chi connectivity index (χ4n) is 1.76. The van der Waals surface area contributed by atoms with Crippen molar-refractivity contribution < 1.29 is 19.2 Å². The van der Waals surface area contributed by atoms with Crippen LogP contribution in [0.25, 0.3) is 0 Å². The predicted octanol–water partition coefficient (Wildman–Crippen LogP) is 1.29. The number of nitro groups is 1. The van der Waals surface area contributed by atoms with E-state index in [4.69, 9.17) is 9.47 Å². The minimum atomic E-state index is -0.890. The van der Waals surface area contributed by atoms with Crippen molar-refractivity contribution >= 4 is 11.7 Å². The van der Waals surface area contributed by atoms with Gasteiger partial charge < -0.3 is 9.47 Å². The van der Waals surface area contributed by atoms with Crippen molar-refractivity contribution in [3.63, 3.8) is 0 Å². The number of hydrogen-bond donors (Lipinski definition) is 0. The van der Waals surface area contributed by atoms with Gasteiger partial charge in [0.1, 0.15) is 12.6 Å². The Morgan fingerprint density at radius 2 is 2.10 bits per heavy atom. The van der Waals surface area contributed by atoms with Gasteiger partial charge >= 0.3 is 5.97 Å². The van der Waals surface area contributed by atoms with Crippen LogP contribution < -0.4 is 5.56 Å². The molecule has 0 saturated carbocycles. The number of pyridine rings is 1. The molecule has 1 aromatic rings. The first-order valence-electron chi connectivity index (χ1n) is 6.62. The Labute approximate surface area is 121 Å². The molecule has 0 aliphatic carbocycles. The number of nitrogens with zero attached hydrogens (tertiary/aromatic N) is 2. The highest BCUT2D eigenvalue weighted by Gasteiger charge is 2.22. The zero-order valence-electron chi connectivity index (χ0n) is 12.0. The lowest BCUT2D eigenvalue weighted by atomic mass is 10.2. The largest absolute Gasteiger partial charge is 0.462 e. The number of rotatable bonds is 8. The monoisotopic (exact) mass is 298 g/mol. The SMILES string of the molecule is CCOCCOC(=O)C(CC)n1cc([N+](=O)[O-])ccc1=O. The second-order valence-electron chi connectivity index (χ2n) is 4.18. The Bertz CT molecular complexity index is 554. The molecule has 0 spiro atoms. The topological polar surface area (TPSA) is 101 Å². The van der Waals surface area contributed by atoms with E-state index in [1.165, 1.54) is 0 Å². The fourth-order valence-corrected chi connectivity index (χ4v) is 1.76. The van der Waals surface area contributed by atoms with Crippen molar-refractivity contribution in [2.75, 3.05) is 19.8 Å². The quantitative estimate of drug-likeness (QED) is 0.310. The summed E-state index contributed by atoms with van der Waals surface area (Å²) in [5.74, 6) is -0.611. The summed E-state index contributed by atoms with van der Waals surface area (Å²) in [6.07, 6.45) is 1.34. The maximum absolute atomic E-state index is 12.0. The third-order valence-corrected chi connectivity index (χ3v) is 2.80. The van der Waals surface area contributed by atoms with Crippen molar-refractivity contribution in [1.82, 2.24) is 4.57 Å². The van der Waals surface area contributed by atoms with Crippen LogP contribution >= 0.6 is 0 Å². The Morgan fingerprint density at radius 3 is 2.67 bits per heavy atom. The smallest absolute Gasteiger partial charge is 0.329 e. The molecule has 0 saturated heterocycles. The van der Waals surface area contributed by atoms with Gasteiger partial charge in [0.05, 0.1) is 17.7 Å². The number of hydrogen-bond acceptors (Lipinski definition) is 6. The van der Waals surface area contributed by atoms with Gasteiger partial charge in [-0.15, -0.1) is 0 Å². The Hall–Kier alpha value is -2.22. The Morgan fingerprint density at radius 1 is 1.38 bits per heavy atom. The number of esters is 1. The second kappa shape index (κ2) is 8.15. The first-order chi connectivity index (χ1) is 10.0. The molecule has 1 heterocycles. The zero-order valence-corrected chi connectivity index (χ0v) is 12.0. The molecule has 1 unspecified atom stereocenters. The predicted molar refractivity (Wildman–Crippen MR) is 74.1 cm³/mol. The Kier molecular flexibility index (Phi) is 6.54. The average molecular weight is 298 g/mol. The molecule has 0 N–H and O–H groups in total. The molecule has 0 aliphatic heterocycles. The summed E-state index contributed by atoms with van der Waals surface area (Å²) >= 11 is 0. The maximum Gasteiger partial charge on any atom is 0.329 e. The third kappa shape index (κ3) is 4.67. The van der Waals surface area contributed by atoms with Crippen molar-refractivity contribution in [2.45, 2.75) is 26.3 Å². The number of carbonyl (C=O) groups is 1. The summed E-state index contributed by atoms with van der Waals surface area (Å²) in [7, 11) is 0. The lowest BCUT2D eigenvalue weighted by Crippen LogP contribution is -2.30. The summed E-state index contributed by atoms with van der Waals surface area (Å²) < 4.78 is 11.1. The fraction of sp³-hybridized carbons (Fsp3) is 0.538. The van der Waals surface area contributed by atoms with E-state index in [9.17, 15) is 19.7 Å². The summed E-state index contributed by atoms with van der Waals surface area (Å²) in [5, 5.41) is 10.7. The molecule has 1 atom stereocenters. The van der Waals surface area contributed by atoms with Gasteiger partial charge in [-0.05, 0) is 13.3 Å². The van der Waals surface area contributed by atoms with E-state index in [1.807, 2.05) is 6.92 Å². The highest BCUT2D eigenvalue weighted by atomic mass is 16.6. The van der Waals surface area contributed by atoms with Crippen molar-refractivity contribution in [1.29, 1.82) is 0 Å². The van der Waals surface area contributed by atoms with E-state index in [0.717, 1.165) is 22.9 Å². The summed E-state index contributed by atoms with van der Waals surface area (Å²) in [5.41, 5.74) is -0.746. The first-order valence-corrected chi connectivity index (χ1v) is 6.62. The Balaban J connectivity index is 2.88. The van der Waals surface area contributed by atoms with E-state index >= 15 is 0 Å². The number of ether oxygens (including phenoxy) is 2. The summed E-state index contributed by atoms with van der Waals surface area (Å²) in [4.78, 5) is 33.9. The molecule has 0 aromatic carbocycles. The molecule has 0 radical (unpaired) electrons. The molecule has 116 valence electrons. The normalized spacial score (nSPS) is 11.9.